The fraction of sp³-hybridized carbons (Fsp3) is 0.385. The van der Waals surface area contributed by atoms with Gasteiger partial charge in [0.2, 0.25) is 0 Å². The Morgan fingerprint density at radius 1 is 1.45 bits per heavy atom. The van der Waals surface area contributed by atoms with Gasteiger partial charge in [0.25, 0.3) is 5.91 Å². The summed E-state index contributed by atoms with van der Waals surface area (Å²) in [7, 11) is 0. The molecule has 6 nitrogen and oxygen atoms in total. The summed E-state index contributed by atoms with van der Waals surface area (Å²) in [5.74, 6) is -1.62. The predicted octanol–water partition coefficient (Wildman–Crippen LogP) is 1.06. The highest BCUT2D eigenvalue weighted by Gasteiger charge is 2.31. The van der Waals surface area contributed by atoms with Crippen molar-refractivity contribution in [1.29, 1.82) is 0 Å². The summed E-state index contributed by atoms with van der Waals surface area (Å²) in [4.78, 5) is 22.4. The van der Waals surface area contributed by atoms with E-state index in [0.29, 0.717) is 10.8 Å². The van der Waals surface area contributed by atoms with E-state index in [-0.39, 0.29) is 0 Å². The number of carboxylic acid groups (broad SMARTS) is 1. The van der Waals surface area contributed by atoms with Crippen LogP contribution in [0.2, 0.25) is 5.02 Å². The summed E-state index contributed by atoms with van der Waals surface area (Å²) in [6.07, 6.45) is -0.875. The maximum Gasteiger partial charge on any atom is 0.337 e. The quantitative estimate of drug-likeness (QED) is 0.730. The van der Waals surface area contributed by atoms with Crippen LogP contribution in [-0.4, -0.2) is 40.3 Å². The zero-order chi connectivity index (χ0) is 15.3. The van der Waals surface area contributed by atoms with Crippen LogP contribution in [0.3, 0.4) is 0 Å². The van der Waals surface area contributed by atoms with Crippen molar-refractivity contribution in [3.05, 3.63) is 29.3 Å². The lowest BCUT2D eigenvalue weighted by Gasteiger charge is -2.20. The van der Waals surface area contributed by atoms with Gasteiger partial charge in [0.05, 0.1) is 11.6 Å². The Labute approximate surface area is 121 Å². The van der Waals surface area contributed by atoms with Gasteiger partial charge in [-0.1, -0.05) is 23.7 Å². The summed E-state index contributed by atoms with van der Waals surface area (Å²) in [6, 6.07) is 6.67. The van der Waals surface area contributed by atoms with Crippen LogP contribution in [-0.2, 0) is 9.59 Å². The molecular formula is C13H16ClNO5. The van der Waals surface area contributed by atoms with E-state index in [9.17, 15) is 14.7 Å². The number of carboxylic acids is 1. The minimum absolute atomic E-state index is 0.349. The van der Waals surface area contributed by atoms with E-state index in [2.05, 4.69) is 5.32 Å². The van der Waals surface area contributed by atoms with Crippen LogP contribution in [0.4, 0.5) is 0 Å². The molecule has 0 heterocycles. The average molecular weight is 302 g/mol. The SMILES string of the molecule is CC(Oc1ccccc1Cl)C(=O)NCC(C)(O)C(=O)O. The number of aliphatic carboxylic acids is 1. The van der Waals surface area contributed by atoms with E-state index in [1.165, 1.54) is 6.92 Å². The third-order valence-corrected chi connectivity index (χ3v) is 2.89. The zero-order valence-corrected chi connectivity index (χ0v) is 11.8. The summed E-state index contributed by atoms with van der Waals surface area (Å²) in [5.41, 5.74) is -2.03. The monoisotopic (exact) mass is 301 g/mol. The Balaban J connectivity index is 2.56. The number of aliphatic hydroxyl groups is 1. The first-order chi connectivity index (χ1) is 9.24. The maximum atomic E-state index is 11.7. The van der Waals surface area contributed by atoms with E-state index in [0.717, 1.165) is 6.92 Å². The van der Waals surface area contributed by atoms with Crippen LogP contribution in [0.15, 0.2) is 24.3 Å². The molecule has 1 rings (SSSR count). The first-order valence-corrected chi connectivity index (χ1v) is 6.26. The van der Waals surface area contributed by atoms with Gasteiger partial charge in [-0.25, -0.2) is 4.79 Å². The number of ether oxygens (including phenoxy) is 1. The average Bonchev–Trinajstić information content (AvgIpc) is 2.38. The molecule has 1 amide bonds. The van der Waals surface area contributed by atoms with E-state index in [1.807, 2.05) is 0 Å². The van der Waals surface area contributed by atoms with Crippen molar-refractivity contribution in [3.63, 3.8) is 0 Å². The van der Waals surface area contributed by atoms with Gasteiger partial charge in [0.15, 0.2) is 11.7 Å². The van der Waals surface area contributed by atoms with Gasteiger partial charge >= 0.3 is 5.97 Å². The lowest BCUT2D eigenvalue weighted by atomic mass is 10.1. The van der Waals surface area contributed by atoms with Gasteiger partial charge in [0, 0.05) is 0 Å². The molecule has 0 aliphatic carbocycles. The Morgan fingerprint density at radius 2 is 2.05 bits per heavy atom. The molecule has 0 fully saturated rings. The number of halogens is 1. The highest BCUT2D eigenvalue weighted by Crippen LogP contribution is 2.24. The van der Waals surface area contributed by atoms with E-state index >= 15 is 0 Å². The fourth-order valence-corrected chi connectivity index (χ4v) is 1.44. The number of benzene rings is 1. The number of carbonyl (C=O) groups is 2. The van der Waals surface area contributed by atoms with E-state index < -0.39 is 30.1 Å². The predicted molar refractivity (Wildman–Crippen MR) is 72.8 cm³/mol. The number of carbonyl (C=O) groups excluding carboxylic acids is 1. The molecule has 0 aliphatic rings. The molecule has 3 N–H and O–H groups in total. The summed E-state index contributed by atoms with van der Waals surface area (Å²) in [5, 5.41) is 20.9. The molecule has 20 heavy (non-hydrogen) atoms. The number of rotatable bonds is 6. The second kappa shape index (κ2) is 6.58. The van der Waals surface area contributed by atoms with Gasteiger partial charge in [-0.15, -0.1) is 0 Å². The number of nitrogens with one attached hydrogen (secondary N) is 1. The highest BCUT2D eigenvalue weighted by atomic mass is 35.5. The Hall–Kier alpha value is -1.79. The molecule has 0 radical (unpaired) electrons. The van der Waals surface area contributed by atoms with Gasteiger partial charge in [-0.05, 0) is 26.0 Å². The van der Waals surface area contributed by atoms with Crippen molar-refractivity contribution in [2.75, 3.05) is 6.54 Å². The lowest BCUT2D eigenvalue weighted by molar-refractivity contribution is -0.156. The van der Waals surface area contributed by atoms with Crippen LogP contribution in [0.25, 0.3) is 0 Å². The topological polar surface area (TPSA) is 95.9 Å². The maximum absolute atomic E-state index is 11.7. The summed E-state index contributed by atoms with van der Waals surface area (Å²) in [6.45, 7) is 2.17. The third-order valence-electron chi connectivity index (χ3n) is 2.58. The van der Waals surface area contributed by atoms with E-state index in [1.54, 1.807) is 24.3 Å². The fourth-order valence-electron chi connectivity index (χ4n) is 1.26. The molecular weight excluding hydrogens is 286 g/mol. The standard InChI is InChI=1S/C13H16ClNO5/c1-8(20-10-6-4-3-5-9(10)14)11(16)15-7-13(2,19)12(17)18/h3-6,8,19H,7H2,1-2H3,(H,15,16)(H,17,18). The van der Waals surface area contributed by atoms with Crippen LogP contribution in [0.5, 0.6) is 5.75 Å². The van der Waals surface area contributed by atoms with E-state index in [4.69, 9.17) is 21.4 Å². The molecule has 0 aliphatic heterocycles. The highest BCUT2D eigenvalue weighted by molar-refractivity contribution is 6.32. The number of hydrogen-bond acceptors (Lipinski definition) is 4. The molecule has 2 unspecified atom stereocenters. The lowest BCUT2D eigenvalue weighted by Crippen LogP contribution is -2.49. The molecule has 0 aromatic heterocycles. The Kier molecular flexibility index (Phi) is 5.35. The Bertz CT molecular complexity index is 503. The molecule has 7 heteroatoms. The van der Waals surface area contributed by atoms with Crippen molar-refractivity contribution < 1.29 is 24.5 Å². The van der Waals surface area contributed by atoms with Gasteiger partial charge in [-0.2, -0.15) is 0 Å². The second-order valence-electron chi connectivity index (χ2n) is 4.49. The molecule has 1 aromatic carbocycles. The van der Waals surface area contributed by atoms with Crippen LogP contribution in [0.1, 0.15) is 13.8 Å². The summed E-state index contributed by atoms with van der Waals surface area (Å²) < 4.78 is 5.36. The Morgan fingerprint density at radius 3 is 2.60 bits per heavy atom. The largest absolute Gasteiger partial charge is 0.479 e. The number of hydrogen-bond donors (Lipinski definition) is 3. The molecule has 0 saturated heterocycles. The van der Waals surface area contributed by atoms with Crippen LogP contribution < -0.4 is 10.1 Å². The van der Waals surface area contributed by atoms with Gasteiger partial charge in [-0.3, -0.25) is 4.79 Å². The van der Waals surface area contributed by atoms with Crippen molar-refractivity contribution >= 4 is 23.5 Å². The molecule has 110 valence electrons. The number of para-hydroxylation sites is 1. The number of amides is 1. The zero-order valence-electron chi connectivity index (χ0n) is 11.1. The van der Waals surface area contributed by atoms with Crippen molar-refractivity contribution in [1.82, 2.24) is 5.32 Å². The summed E-state index contributed by atoms with van der Waals surface area (Å²) >= 11 is 5.89. The van der Waals surface area contributed by atoms with Crippen molar-refractivity contribution in [3.8, 4) is 5.75 Å². The minimum Gasteiger partial charge on any atom is -0.479 e. The first kappa shape index (κ1) is 16.3. The molecule has 0 saturated carbocycles. The van der Waals surface area contributed by atoms with Crippen molar-refractivity contribution in [2.24, 2.45) is 0 Å². The normalized spacial score (nSPS) is 15.0. The third kappa shape index (κ3) is 4.40. The van der Waals surface area contributed by atoms with Crippen LogP contribution in [0, 0.1) is 0 Å². The smallest absolute Gasteiger partial charge is 0.337 e. The molecule has 0 bridgehead atoms. The van der Waals surface area contributed by atoms with Gasteiger partial charge < -0.3 is 20.3 Å². The second-order valence-corrected chi connectivity index (χ2v) is 4.89. The molecule has 1 aromatic rings. The molecule has 2 atom stereocenters. The van der Waals surface area contributed by atoms with Crippen LogP contribution >= 0.6 is 11.6 Å². The van der Waals surface area contributed by atoms with Crippen molar-refractivity contribution in [2.45, 2.75) is 25.6 Å². The minimum atomic E-state index is -2.03. The van der Waals surface area contributed by atoms with Gasteiger partial charge in [0.1, 0.15) is 5.75 Å². The first-order valence-electron chi connectivity index (χ1n) is 5.88. The molecule has 0 spiro atoms.